The molecule has 11 nitrogen and oxygen atoms in total. The van der Waals surface area contributed by atoms with Crippen LogP contribution >= 0.6 is 0 Å². The van der Waals surface area contributed by atoms with Crippen molar-refractivity contribution in [3.05, 3.63) is 65.6 Å². The second-order valence-corrected chi connectivity index (χ2v) is 8.14. The first kappa shape index (κ1) is 24.7. The molecule has 0 aliphatic heterocycles. The zero-order chi connectivity index (χ0) is 25.5. The highest BCUT2D eigenvalue weighted by atomic mass is 16.5. The smallest absolute Gasteiger partial charge is 0.358 e. The lowest BCUT2D eigenvalue weighted by Gasteiger charge is -2.14. The minimum absolute atomic E-state index is 0.141. The van der Waals surface area contributed by atoms with E-state index < -0.39 is 11.9 Å². The van der Waals surface area contributed by atoms with Gasteiger partial charge in [0, 0.05) is 18.5 Å². The first-order valence-electron chi connectivity index (χ1n) is 11.7. The van der Waals surface area contributed by atoms with Gasteiger partial charge in [-0.3, -0.25) is 4.79 Å². The lowest BCUT2D eigenvalue weighted by atomic mass is 9.97. The molecule has 2 heterocycles. The van der Waals surface area contributed by atoms with Gasteiger partial charge in [-0.25, -0.2) is 9.78 Å². The number of H-pyrrole nitrogens is 1. The Bertz CT molecular complexity index is 1330. The Labute approximate surface area is 208 Å². The van der Waals surface area contributed by atoms with E-state index >= 15 is 0 Å². The summed E-state index contributed by atoms with van der Waals surface area (Å²) in [5.74, 6) is 0.215. The molecule has 1 amide bonds. The number of ether oxygens (including phenoxy) is 1. The third kappa shape index (κ3) is 5.31. The van der Waals surface area contributed by atoms with Crippen LogP contribution in [0.1, 0.15) is 41.6 Å². The van der Waals surface area contributed by atoms with Crippen LogP contribution in [-0.2, 0) is 22.5 Å². The minimum atomic E-state index is -0.600. The quantitative estimate of drug-likeness (QED) is 0.288. The van der Waals surface area contributed by atoms with Gasteiger partial charge < -0.3 is 20.4 Å². The number of amides is 1. The number of imidazole rings is 1. The Balaban J connectivity index is 1.81. The number of nitrogens with one attached hydrogen (secondary N) is 2. The molecule has 11 heteroatoms. The SMILES string of the molecule is CCCCc1nc(NC(=O)CN)c(C(=O)OC)n1Cc1ccc(-c2ccccc2)c(-c2nn[nH]n2)c1. The van der Waals surface area contributed by atoms with E-state index in [4.69, 9.17) is 10.5 Å². The standard InChI is InChI=1S/C25H28N8O3/c1-3-4-10-20-27-24(28-21(34)14-26)22(25(35)36-2)33(20)15-16-11-12-18(17-8-6-5-7-9-17)19(13-16)23-29-31-32-30-23/h5-9,11-13H,3-4,10,14-15,26H2,1-2H3,(H,28,34)(H,29,30,31,32). The van der Waals surface area contributed by atoms with Crippen molar-refractivity contribution in [2.24, 2.45) is 5.73 Å². The van der Waals surface area contributed by atoms with Gasteiger partial charge in [-0.15, -0.1) is 10.2 Å². The van der Waals surface area contributed by atoms with E-state index in [1.807, 2.05) is 48.5 Å². The van der Waals surface area contributed by atoms with Crippen molar-refractivity contribution in [2.75, 3.05) is 19.0 Å². The van der Waals surface area contributed by atoms with Crippen LogP contribution in [0.15, 0.2) is 48.5 Å². The van der Waals surface area contributed by atoms with Crippen LogP contribution < -0.4 is 11.1 Å². The Hall–Kier alpha value is -4.38. The van der Waals surface area contributed by atoms with Gasteiger partial charge in [0.2, 0.25) is 11.7 Å². The lowest BCUT2D eigenvalue weighted by molar-refractivity contribution is -0.114. The van der Waals surface area contributed by atoms with E-state index in [-0.39, 0.29) is 18.1 Å². The van der Waals surface area contributed by atoms with Crippen molar-refractivity contribution in [1.82, 2.24) is 30.2 Å². The largest absolute Gasteiger partial charge is 0.464 e. The number of aromatic nitrogens is 6. The number of benzene rings is 2. The van der Waals surface area contributed by atoms with Crippen LogP contribution in [0.2, 0.25) is 0 Å². The number of hydrogen-bond donors (Lipinski definition) is 3. The third-order valence-electron chi connectivity index (χ3n) is 5.72. The molecule has 36 heavy (non-hydrogen) atoms. The van der Waals surface area contributed by atoms with E-state index in [0.29, 0.717) is 24.6 Å². The molecule has 4 N–H and O–H groups in total. The molecule has 0 bridgehead atoms. The number of methoxy groups -OCH3 is 1. The van der Waals surface area contributed by atoms with Crippen molar-refractivity contribution < 1.29 is 14.3 Å². The molecule has 186 valence electrons. The molecule has 2 aromatic carbocycles. The summed E-state index contributed by atoms with van der Waals surface area (Å²) in [6, 6.07) is 15.9. The van der Waals surface area contributed by atoms with Crippen LogP contribution in [0, 0.1) is 0 Å². The van der Waals surface area contributed by atoms with Crippen molar-refractivity contribution in [2.45, 2.75) is 32.7 Å². The molecule has 0 unspecified atom stereocenters. The maximum atomic E-state index is 12.8. The zero-order valence-corrected chi connectivity index (χ0v) is 20.2. The highest BCUT2D eigenvalue weighted by Crippen LogP contribution is 2.31. The van der Waals surface area contributed by atoms with Gasteiger partial charge >= 0.3 is 5.97 Å². The highest BCUT2D eigenvalue weighted by molar-refractivity contribution is 5.99. The molecule has 0 atom stereocenters. The van der Waals surface area contributed by atoms with E-state index in [0.717, 1.165) is 35.1 Å². The maximum Gasteiger partial charge on any atom is 0.358 e. The third-order valence-corrected chi connectivity index (χ3v) is 5.72. The summed E-state index contributed by atoms with van der Waals surface area (Å²) in [6.45, 7) is 2.16. The molecule has 0 spiro atoms. The Morgan fingerprint density at radius 3 is 2.61 bits per heavy atom. The van der Waals surface area contributed by atoms with Crippen LogP contribution in [0.25, 0.3) is 22.5 Å². The first-order chi connectivity index (χ1) is 17.5. The summed E-state index contributed by atoms with van der Waals surface area (Å²) in [4.78, 5) is 29.4. The number of esters is 1. The fourth-order valence-corrected chi connectivity index (χ4v) is 3.97. The number of nitrogens with two attached hydrogens (primary N) is 1. The number of carbonyl (C=O) groups is 2. The summed E-state index contributed by atoms with van der Waals surface area (Å²) in [5.41, 5.74) is 9.26. The summed E-state index contributed by atoms with van der Waals surface area (Å²) in [5, 5.41) is 17.2. The number of aryl methyl sites for hydroxylation is 1. The van der Waals surface area contributed by atoms with E-state index in [9.17, 15) is 9.59 Å². The number of aromatic amines is 1. The molecular weight excluding hydrogens is 460 g/mol. The number of anilines is 1. The summed E-state index contributed by atoms with van der Waals surface area (Å²) >= 11 is 0. The van der Waals surface area contributed by atoms with Crippen molar-refractivity contribution in [3.63, 3.8) is 0 Å². The molecule has 0 fully saturated rings. The topological polar surface area (TPSA) is 154 Å². The summed E-state index contributed by atoms with van der Waals surface area (Å²) in [7, 11) is 1.29. The van der Waals surface area contributed by atoms with Crippen molar-refractivity contribution in [3.8, 4) is 22.5 Å². The Morgan fingerprint density at radius 1 is 1.14 bits per heavy atom. The van der Waals surface area contributed by atoms with Gasteiger partial charge in [-0.05, 0) is 34.4 Å². The molecule has 0 saturated heterocycles. The predicted octanol–water partition coefficient (Wildman–Crippen LogP) is 2.80. The van der Waals surface area contributed by atoms with Crippen LogP contribution in [-0.4, -0.2) is 55.7 Å². The molecule has 0 saturated carbocycles. The van der Waals surface area contributed by atoms with E-state index in [1.165, 1.54) is 7.11 Å². The van der Waals surface area contributed by atoms with Gasteiger partial charge in [-0.2, -0.15) is 5.21 Å². The first-order valence-corrected chi connectivity index (χ1v) is 11.7. The van der Waals surface area contributed by atoms with Crippen LogP contribution in [0.4, 0.5) is 5.82 Å². The maximum absolute atomic E-state index is 12.8. The van der Waals surface area contributed by atoms with Crippen LogP contribution in [0.3, 0.4) is 0 Å². The molecule has 0 aliphatic carbocycles. The van der Waals surface area contributed by atoms with Crippen molar-refractivity contribution >= 4 is 17.7 Å². The van der Waals surface area contributed by atoms with E-state index in [1.54, 1.807) is 4.57 Å². The lowest BCUT2D eigenvalue weighted by Crippen LogP contribution is -2.24. The molecule has 0 aliphatic rings. The van der Waals surface area contributed by atoms with Gasteiger partial charge in [0.15, 0.2) is 11.5 Å². The van der Waals surface area contributed by atoms with Crippen molar-refractivity contribution in [1.29, 1.82) is 0 Å². The number of nitrogens with zero attached hydrogens (tertiary/aromatic N) is 5. The molecule has 4 rings (SSSR count). The second kappa shape index (κ2) is 11.4. The predicted molar refractivity (Wildman–Crippen MR) is 134 cm³/mol. The average Bonchev–Trinajstić information content (AvgIpc) is 3.56. The fourth-order valence-electron chi connectivity index (χ4n) is 3.97. The number of tetrazole rings is 1. The molecular formula is C25H28N8O3. The highest BCUT2D eigenvalue weighted by Gasteiger charge is 2.25. The van der Waals surface area contributed by atoms with Gasteiger partial charge in [0.25, 0.3) is 0 Å². The molecule has 2 aromatic heterocycles. The van der Waals surface area contributed by atoms with Gasteiger partial charge in [0.05, 0.1) is 13.7 Å². The average molecular weight is 489 g/mol. The Morgan fingerprint density at radius 2 is 1.94 bits per heavy atom. The number of carbonyl (C=O) groups excluding carboxylic acids is 2. The summed E-state index contributed by atoms with van der Waals surface area (Å²) < 4.78 is 6.82. The second-order valence-electron chi connectivity index (χ2n) is 8.14. The zero-order valence-electron chi connectivity index (χ0n) is 20.2. The monoisotopic (exact) mass is 488 g/mol. The Kier molecular flexibility index (Phi) is 7.81. The molecule has 0 radical (unpaired) electrons. The number of hydrogen-bond acceptors (Lipinski definition) is 8. The van der Waals surface area contributed by atoms with Gasteiger partial charge in [0.1, 0.15) is 5.82 Å². The number of unbranched alkanes of at least 4 members (excludes halogenated alkanes) is 1. The van der Waals surface area contributed by atoms with Gasteiger partial charge in [-0.1, -0.05) is 55.8 Å². The minimum Gasteiger partial charge on any atom is -0.464 e. The van der Waals surface area contributed by atoms with E-state index in [2.05, 4.69) is 37.8 Å². The normalized spacial score (nSPS) is 10.9. The molecule has 4 aromatic rings. The number of rotatable bonds is 10. The van der Waals surface area contributed by atoms with Crippen LogP contribution in [0.5, 0.6) is 0 Å². The fraction of sp³-hybridized carbons (Fsp3) is 0.280. The summed E-state index contributed by atoms with van der Waals surface area (Å²) in [6.07, 6.45) is 2.43.